The molecule has 0 saturated carbocycles. The van der Waals surface area contributed by atoms with Crippen LogP contribution in [0.25, 0.3) is 0 Å². The summed E-state index contributed by atoms with van der Waals surface area (Å²) in [4.78, 5) is 23.6. The van der Waals surface area contributed by atoms with Crippen LogP contribution in [0.2, 0.25) is 0 Å². The quantitative estimate of drug-likeness (QED) is 0.477. The summed E-state index contributed by atoms with van der Waals surface area (Å²) >= 11 is 0. The Labute approximate surface area is 139 Å². The largest absolute Gasteiger partial charge is 0.381 e. The first-order valence-corrected chi connectivity index (χ1v) is 7.40. The van der Waals surface area contributed by atoms with Crippen molar-refractivity contribution in [3.05, 3.63) is 41.1 Å². The lowest BCUT2D eigenvalue weighted by atomic mass is 10.1. The van der Waals surface area contributed by atoms with Crippen LogP contribution in [0.3, 0.4) is 0 Å². The zero-order valence-electron chi connectivity index (χ0n) is 13.2. The van der Waals surface area contributed by atoms with Gasteiger partial charge in [-0.05, 0) is 31.4 Å². The van der Waals surface area contributed by atoms with E-state index in [0.717, 1.165) is 5.56 Å². The number of nitriles is 1. The molecule has 8 nitrogen and oxygen atoms in total. The average Bonchev–Trinajstić information content (AvgIpc) is 2.93. The third-order valence-corrected chi connectivity index (χ3v) is 3.47. The number of para-hydroxylation sites is 1. The van der Waals surface area contributed by atoms with Crippen molar-refractivity contribution in [1.29, 1.82) is 5.26 Å². The number of anilines is 2. The topological polar surface area (TPSA) is 137 Å². The number of rotatable bonds is 5. The minimum absolute atomic E-state index is 0.161. The van der Waals surface area contributed by atoms with E-state index in [1.807, 2.05) is 25.1 Å². The summed E-state index contributed by atoms with van der Waals surface area (Å²) in [6, 6.07) is 9.18. The van der Waals surface area contributed by atoms with Crippen molar-refractivity contribution in [1.82, 2.24) is 15.5 Å². The van der Waals surface area contributed by atoms with Crippen molar-refractivity contribution in [2.45, 2.75) is 19.8 Å². The number of aromatic nitrogens is 2. The van der Waals surface area contributed by atoms with E-state index >= 15 is 0 Å². The predicted octanol–water partition coefficient (Wildman–Crippen LogP) is 0.859. The number of hydrogen-bond donors (Lipinski definition) is 4. The van der Waals surface area contributed by atoms with E-state index in [2.05, 4.69) is 20.8 Å². The summed E-state index contributed by atoms with van der Waals surface area (Å²) in [6.07, 6.45) is 1.03. The van der Waals surface area contributed by atoms with Crippen LogP contribution in [-0.4, -0.2) is 28.6 Å². The van der Waals surface area contributed by atoms with E-state index in [-0.39, 0.29) is 5.82 Å². The van der Waals surface area contributed by atoms with Crippen LogP contribution in [0, 0.1) is 18.3 Å². The van der Waals surface area contributed by atoms with Gasteiger partial charge in [0.25, 0.3) is 0 Å². The summed E-state index contributed by atoms with van der Waals surface area (Å²) in [5.74, 6) is -1.26. The van der Waals surface area contributed by atoms with E-state index in [9.17, 15) is 9.59 Å². The Kier molecular flexibility index (Phi) is 5.52. The molecular formula is C16H18N6O2. The molecule has 124 valence electrons. The number of carbonyl (C=O) groups is 2. The summed E-state index contributed by atoms with van der Waals surface area (Å²) in [5.41, 5.74) is 7.95. The SMILES string of the molecule is Cc1ccccc1NC(=O)C(=O)NCCCc1[nH]nc(N)c1C#N. The van der Waals surface area contributed by atoms with E-state index in [1.165, 1.54) is 0 Å². The van der Waals surface area contributed by atoms with Crippen LogP contribution in [0.1, 0.15) is 23.2 Å². The number of nitrogens with one attached hydrogen (secondary N) is 3. The van der Waals surface area contributed by atoms with Crippen molar-refractivity contribution in [2.75, 3.05) is 17.6 Å². The maximum Gasteiger partial charge on any atom is 0.313 e. The van der Waals surface area contributed by atoms with Gasteiger partial charge in [0.15, 0.2) is 5.82 Å². The number of aryl methyl sites for hydroxylation is 2. The van der Waals surface area contributed by atoms with Gasteiger partial charge in [-0.25, -0.2) is 0 Å². The van der Waals surface area contributed by atoms with E-state index in [4.69, 9.17) is 11.0 Å². The Hall–Kier alpha value is -3.34. The van der Waals surface area contributed by atoms with Gasteiger partial charge in [0.2, 0.25) is 0 Å². The number of carbonyl (C=O) groups excluding carboxylic acids is 2. The van der Waals surface area contributed by atoms with E-state index in [0.29, 0.717) is 36.3 Å². The number of nitrogens with two attached hydrogens (primary N) is 1. The summed E-state index contributed by atoms with van der Waals surface area (Å²) in [6.45, 7) is 2.14. The molecule has 0 unspecified atom stereocenters. The molecule has 2 amide bonds. The first kappa shape index (κ1) is 17.0. The third-order valence-electron chi connectivity index (χ3n) is 3.47. The molecule has 0 radical (unpaired) electrons. The number of hydrogen-bond acceptors (Lipinski definition) is 5. The predicted molar refractivity (Wildman–Crippen MR) is 88.9 cm³/mol. The number of nitrogens with zero attached hydrogens (tertiary/aromatic N) is 2. The summed E-state index contributed by atoms with van der Waals surface area (Å²) < 4.78 is 0. The molecule has 0 spiro atoms. The van der Waals surface area contributed by atoms with E-state index < -0.39 is 11.8 Å². The number of benzene rings is 1. The minimum atomic E-state index is -0.715. The lowest BCUT2D eigenvalue weighted by Gasteiger charge is -2.08. The fraction of sp³-hybridized carbons (Fsp3) is 0.250. The molecule has 1 aromatic carbocycles. The Morgan fingerprint density at radius 3 is 2.79 bits per heavy atom. The Balaban J connectivity index is 1.78. The number of aromatic amines is 1. The molecule has 0 aliphatic rings. The second-order valence-electron chi connectivity index (χ2n) is 5.20. The highest BCUT2D eigenvalue weighted by Crippen LogP contribution is 2.13. The van der Waals surface area contributed by atoms with Crippen LogP contribution < -0.4 is 16.4 Å². The number of amides is 2. The standard InChI is InChI=1S/C16H18N6O2/c1-10-5-2-3-6-12(10)20-16(24)15(23)19-8-4-7-13-11(9-17)14(18)22-21-13/h2-3,5-6H,4,7-8H2,1H3,(H,19,23)(H,20,24)(H3,18,21,22). The van der Waals surface area contributed by atoms with Crippen molar-refractivity contribution < 1.29 is 9.59 Å². The maximum atomic E-state index is 11.8. The van der Waals surface area contributed by atoms with Crippen molar-refractivity contribution >= 4 is 23.3 Å². The highest BCUT2D eigenvalue weighted by atomic mass is 16.2. The van der Waals surface area contributed by atoms with Crippen LogP contribution in [0.5, 0.6) is 0 Å². The molecular weight excluding hydrogens is 308 g/mol. The molecule has 1 heterocycles. The lowest BCUT2D eigenvalue weighted by molar-refractivity contribution is -0.136. The van der Waals surface area contributed by atoms with E-state index in [1.54, 1.807) is 12.1 Å². The Morgan fingerprint density at radius 1 is 1.33 bits per heavy atom. The second kappa shape index (κ2) is 7.78. The van der Waals surface area contributed by atoms with Gasteiger partial charge < -0.3 is 16.4 Å². The monoisotopic (exact) mass is 326 g/mol. The van der Waals surface area contributed by atoms with Gasteiger partial charge in [-0.3, -0.25) is 14.7 Å². The molecule has 8 heteroatoms. The van der Waals surface area contributed by atoms with Crippen LogP contribution in [-0.2, 0) is 16.0 Å². The van der Waals surface area contributed by atoms with Crippen molar-refractivity contribution in [3.8, 4) is 6.07 Å². The summed E-state index contributed by atoms with van der Waals surface area (Å²) in [7, 11) is 0. The first-order valence-electron chi connectivity index (χ1n) is 7.40. The smallest absolute Gasteiger partial charge is 0.313 e. The molecule has 0 fully saturated rings. The molecule has 2 rings (SSSR count). The van der Waals surface area contributed by atoms with Crippen molar-refractivity contribution in [2.24, 2.45) is 0 Å². The van der Waals surface area contributed by atoms with Gasteiger partial charge in [-0.2, -0.15) is 10.4 Å². The van der Waals surface area contributed by atoms with Crippen LogP contribution in [0.15, 0.2) is 24.3 Å². The zero-order valence-corrected chi connectivity index (χ0v) is 13.2. The molecule has 0 aliphatic heterocycles. The highest BCUT2D eigenvalue weighted by molar-refractivity contribution is 6.39. The van der Waals surface area contributed by atoms with Gasteiger partial charge in [-0.15, -0.1) is 0 Å². The van der Waals surface area contributed by atoms with Gasteiger partial charge in [0.05, 0.1) is 5.69 Å². The molecule has 0 saturated heterocycles. The second-order valence-corrected chi connectivity index (χ2v) is 5.20. The van der Waals surface area contributed by atoms with Crippen molar-refractivity contribution in [3.63, 3.8) is 0 Å². The van der Waals surface area contributed by atoms with Gasteiger partial charge >= 0.3 is 11.8 Å². The number of nitrogen functional groups attached to an aromatic ring is 1. The molecule has 5 N–H and O–H groups in total. The van der Waals surface area contributed by atoms with Crippen LogP contribution >= 0.6 is 0 Å². The van der Waals surface area contributed by atoms with Crippen LogP contribution in [0.4, 0.5) is 11.5 Å². The van der Waals surface area contributed by atoms with Gasteiger partial charge in [0, 0.05) is 12.2 Å². The Bertz CT molecular complexity index is 790. The molecule has 0 bridgehead atoms. The van der Waals surface area contributed by atoms with Gasteiger partial charge in [0.1, 0.15) is 11.6 Å². The van der Waals surface area contributed by atoms with Gasteiger partial charge in [-0.1, -0.05) is 18.2 Å². The normalized spacial score (nSPS) is 10.0. The fourth-order valence-corrected chi connectivity index (χ4v) is 2.14. The number of H-pyrrole nitrogens is 1. The molecule has 2 aromatic rings. The fourth-order valence-electron chi connectivity index (χ4n) is 2.14. The zero-order chi connectivity index (χ0) is 17.5. The molecule has 1 aromatic heterocycles. The lowest BCUT2D eigenvalue weighted by Crippen LogP contribution is -2.36. The molecule has 0 aliphatic carbocycles. The average molecular weight is 326 g/mol. The highest BCUT2D eigenvalue weighted by Gasteiger charge is 2.14. The molecule has 0 atom stereocenters. The Morgan fingerprint density at radius 2 is 2.08 bits per heavy atom. The molecule has 24 heavy (non-hydrogen) atoms. The first-order chi connectivity index (χ1) is 11.5. The third kappa shape index (κ3) is 4.10. The maximum absolute atomic E-state index is 11.8. The minimum Gasteiger partial charge on any atom is -0.381 e. The summed E-state index contributed by atoms with van der Waals surface area (Å²) in [5, 5.41) is 20.5.